The molecule has 0 N–H and O–H groups in total. The Morgan fingerprint density at radius 2 is 2.60 bits per heavy atom. The van der Waals surface area contributed by atoms with Crippen molar-refractivity contribution in [3.63, 3.8) is 0 Å². The molecule has 0 spiro atoms. The monoisotopic (exact) mass is 134 g/mol. The van der Waals surface area contributed by atoms with Gasteiger partial charge in [-0.1, -0.05) is 6.07 Å². The Morgan fingerprint density at radius 1 is 1.70 bits per heavy atom. The molecule has 2 heterocycles. The molecule has 0 aromatic carbocycles. The van der Waals surface area contributed by atoms with Crippen LogP contribution < -0.4 is 0 Å². The number of rotatable bonds is 1. The Labute approximate surface area is 59.9 Å². The first-order valence-corrected chi connectivity index (χ1v) is 3.41. The molecule has 1 unspecified atom stereocenters. The van der Waals surface area contributed by atoms with Crippen molar-refractivity contribution < 1.29 is 4.74 Å². The number of aromatic nitrogens is 1. The Hall–Kier alpha value is -0.890. The Kier molecular flexibility index (Phi) is 1.40. The zero-order valence-electron chi connectivity index (χ0n) is 5.58. The quantitative estimate of drug-likeness (QED) is 0.578. The third kappa shape index (κ3) is 0.907. The number of hydrogen-bond donors (Lipinski definition) is 0. The van der Waals surface area contributed by atoms with E-state index in [-0.39, 0.29) is 6.10 Å². The van der Waals surface area contributed by atoms with Crippen molar-refractivity contribution in [2.24, 2.45) is 0 Å². The molecule has 1 saturated heterocycles. The fourth-order valence-corrected chi connectivity index (χ4v) is 0.999. The van der Waals surface area contributed by atoms with E-state index in [2.05, 4.69) is 11.2 Å². The molecule has 1 atom stereocenters. The van der Waals surface area contributed by atoms with Crippen LogP contribution in [0.4, 0.5) is 0 Å². The summed E-state index contributed by atoms with van der Waals surface area (Å²) < 4.78 is 5.25. The molecule has 1 aliphatic rings. The molecular formula is C8H8NO. The molecule has 2 nitrogen and oxygen atoms in total. The molecule has 1 aromatic heterocycles. The first kappa shape index (κ1) is 5.86. The summed E-state index contributed by atoms with van der Waals surface area (Å²) in [6, 6.07) is 3.91. The van der Waals surface area contributed by atoms with Crippen molar-refractivity contribution in [1.82, 2.24) is 4.98 Å². The van der Waals surface area contributed by atoms with Gasteiger partial charge in [0.25, 0.3) is 0 Å². The molecule has 0 saturated carbocycles. The highest BCUT2D eigenvalue weighted by atomic mass is 16.5. The van der Waals surface area contributed by atoms with Crippen molar-refractivity contribution in [3.8, 4) is 0 Å². The van der Waals surface area contributed by atoms with E-state index in [1.54, 1.807) is 6.20 Å². The van der Waals surface area contributed by atoms with Gasteiger partial charge in [0, 0.05) is 18.2 Å². The van der Waals surface area contributed by atoms with Gasteiger partial charge < -0.3 is 4.74 Å². The second-order valence-electron chi connectivity index (χ2n) is 2.35. The van der Waals surface area contributed by atoms with Gasteiger partial charge >= 0.3 is 0 Å². The SMILES string of the molecule is [c]1ncccc1C1CCO1. The van der Waals surface area contributed by atoms with Gasteiger partial charge in [0.2, 0.25) is 0 Å². The van der Waals surface area contributed by atoms with E-state index in [1.807, 2.05) is 12.1 Å². The summed E-state index contributed by atoms with van der Waals surface area (Å²) in [5.41, 5.74) is 1.08. The molecular weight excluding hydrogens is 126 g/mol. The number of nitrogens with zero attached hydrogens (tertiary/aromatic N) is 1. The van der Waals surface area contributed by atoms with E-state index < -0.39 is 0 Å². The van der Waals surface area contributed by atoms with Crippen molar-refractivity contribution >= 4 is 0 Å². The summed E-state index contributed by atoms with van der Waals surface area (Å²) in [7, 11) is 0. The smallest absolute Gasteiger partial charge is 0.0948 e. The van der Waals surface area contributed by atoms with Crippen LogP contribution in [0.2, 0.25) is 0 Å². The summed E-state index contributed by atoms with van der Waals surface area (Å²) >= 11 is 0. The summed E-state index contributed by atoms with van der Waals surface area (Å²) in [6.45, 7) is 0.882. The first-order chi connectivity index (χ1) is 4.97. The predicted octanol–water partition coefficient (Wildman–Crippen LogP) is 1.34. The van der Waals surface area contributed by atoms with Gasteiger partial charge in [-0.25, -0.2) is 0 Å². The van der Waals surface area contributed by atoms with E-state index in [4.69, 9.17) is 4.74 Å². The highest BCUT2D eigenvalue weighted by molar-refractivity contribution is 5.12. The van der Waals surface area contributed by atoms with Crippen LogP contribution in [0.1, 0.15) is 18.1 Å². The van der Waals surface area contributed by atoms with Crippen LogP contribution in [0, 0.1) is 6.20 Å². The molecule has 2 rings (SSSR count). The van der Waals surface area contributed by atoms with Crippen molar-refractivity contribution in [1.29, 1.82) is 0 Å². The molecule has 0 aliphatic carbocycles. The lowest BCUT2D eigenvalue weighted by molar-refractivity contribution is -0.0530. The minimum absolute atomic E-state index is 0.272. The van der Waals surface area contributed by atoms with Gasteiger partial charge in [-0.3, -0.25) is 4.98 Å². The third-order valence-electron chi connectivity index (χ3n) is 1.68. The summed E-state index contributed by atoms with van der Waals surface area (Å²) in [5, 5.41) is 0. The summed E-state index contributed by atoms with van der Waals surface area (Å²) in [4.78, 5) is 3.88. The molecule has 1 aromatic rings. The summed E-state index contributed by atoms with van der Waals surface area (Å²) in [5.74, 6) is 0. The van der Waals surface area contributed by atoms with E-state index in [0.717, 1.165) is 18.6 Å². The minimum Gasteiger partial charge on any atom is -0.373 e. The Bertz CT molecular complexity index is 206. The highest BCUT2D eigenvalue weighted by Crippen LogP contribution is 2.27. The molecule has 0 amide bonds. The van der Waals surface area contributed by atoms with Crippen LogP contribution in [-0.2, 0) is 4.74 Å². The average molecular weight is 134 g/mol. The van der Waals surface area contributed by atoms with Crippen LogP contribution in [0.5, 0.6) is 0 Å². The zero-order valence-corrected chi connectivity index (χ0v) is 5.58. The lowest BCUT2D eigenvalue weighted by atomic mass is 10.1. The van der Waals surface area contributed by atoms with Crippen LogP contribution in [0.3, 0.4) is 0 Å². The topological polar surface area (TPSA) is 22.1 Å². The highest BCUT2D eigenvalue weighted by Gasteiger charge is 2.19. The van der Waals surface area contributed by atoms with Gasteiger partial charge in [0.15, 0.2) is 0 Å². The minimum atomic E-state index is 0.272. The van der Waals surface area contributed by atoms with E-state index >= 15 is 0 Å². The first-order valence-electron chi connectivity index (χ1n) is 3.41. The maximum atomic E-state index is 5.25. The second kappa shape index (κ2) is 2.39. The Morgan fingerprint density at radius 3 is 3.10 bits per heavy atom. The normalized spacial score (nSPS) is 23.8. The maximum Gasteiger partial charge on any atom is 0.0948 e. The maximum absolute atomic E-state index is 5.25. The van der Waals surface area contributed by atoms with Crippen LogP contribution in [0.15, 0.2) is 18.3 Å². The molecule has 51 valence electrons. The van der Waals surface area contributed by atoms with Crippen LogP contribution in [0.25, 0.3) is 0 Å². The number of ether oxygens (including phenoxy) is 1. The zero-order chi connectivity index (χ0) is 6.81. The van der Waals surface area contributed by atoms with Gasteiger partial charge in [-0.05, 0) is 6.07 Å². The van der Waals surface area contributed by atoms with E-state index in [0.29, 0.717) is 0 Å². The summed E-state index contributed by atoms with van der Waals surface area (Å²) in [6.07, 6.45) is 6.00. The average Bonchev–Trinajstić information content (AvgIpc) is 1.86. The predicted molar refractivity (Wildman–Crippen MR) is 36.4 cm³/mol. The Balaban J connectivity index is 2.18. The van der Waals surface area contributed by atoms with Crippen molar-refractivity contribution in [3.05, 3.63) is 30.1 Å². The molecule has 0 bridgehead atoms. The van der Waals surface area contributed by atoms with Crippen LogP contribution >= 0.6 is 0 Å². The molecule has 1 aliphatic heterocycles. The van der Waals surface area contributed by atoms with Crippen molar-refractivity contribution in [2.45, 2.75) is 12.5 Å². The van der Waals surface area contributed by atoms with E-state index in [1.165, 1.54) is 0 Å². The standard InChI is InChI=1S/C8H8NO/c1-2-7(6-9-4-1)8-3-5-10-8/h1-2,4,8H,3,5H2. The number of pyridine rings is 1. The molecule has 1 fully saturated rings. The van der Waals surface area contributed by atoms with E-state index in [9.17, 15) is 0 Å². The largest absolute Gasteiger partial charge is 0.373 e. The van der Waals surface area contributed by atoms with Gasteiger partial charge in [0.05, 0.1) is 18.9 Å². The lowest BCUT2D eigenvalue weighted by Crippen LogP contribution is -2.18. The fourth-order valence-electron chi connectivity index (χ4n) is 0.999. The van der Waals surface area contributed by atoms with Gasteiger partial charge in [0.1, 0.15) is 0 Å². The van der Waals surface area contributed by atoms with Gasteiger partial charge in [-0.2, -0.15) is 0 Å². The number of hydrogen-bond acceptors (Lipinski definition) is 2. The van der Waals surface area contributed by atoms with Crippen molar-refractivity contribution in [2.75, 3.05) is 6.61 Å². The fraction of sp³-hybridized carbons (Fsp3) is 0.375. The second-order valence-corrected chi connectivity index (χ2v) is 2.35. The lowest BCUT2D eigenvalue weighted by Gasteiger charge is -2.25. The molecule has 2 heteroatoms. The van der Waals surface area contributed by atoms with Crippen LogP contribution in [-0.4, -0.2) is 11.6 Å². The molecule has 10 heavy (non-hydrogen) atoms. The molecule has 1 radical (unpaired) electrons. The third-order valence-corrected chi connectivity index (χ3v) is 1.68. The van der Waals surface area contributed by atoms with Gasteiger partial charge in [-0.15, -0.1) is 0 Å².